The van der Waals surface area contributed by atoms with Gasteiger partial charge in [0.25, 0.3) is 0 Å². The molecule has 1 aromatic carbocycles. The number of nitrogens with one attached hydrogen (secondary N) is 1. The molecule has 1 N–H and O–H groups in total. The summed E-state index contributed by atoms with van der Waals surface area (Å²) in [5, 5.41) is 5.52. The summed E-state index contributed by atoms with van der Waals surface area (Å²) in [6, 6.07) is 0.859. The highest BCUT2D eigenvalue weighted by molar-refractivity contribution is 7.18. The van der Waals surface area contributed by atoms with Crippen LogP contribution in [0.5, 0.6) is 0 Å². The summed E-state index contributed by atoms with van der Waals surface area (Å²) in [6.45, 7) is 1.64. The molecule has 0 spiro atoms. The van der Waals surface area contributed by atoms with E-state index < -0.39 is 11.6 Å². The van der Waals surface area contributed by atoms with E-state index in [1.54, 1.807) is 0 Å². The van der Waals surface area contributed by atoms with Crippen LogP contribution in [-0.2, 0) is 0 Å². The molecule has 0 radical (unpaired) electrons. The predicted molar refractivity (Wildman–Crippen MR) is 72.2 cm³/mol. The summed E-state index contributed by atoms with van der Waals surface area (Å²) in [6.07, 6.45) is 3.01. The van der Waals surface area contributed by atoms with Gasteiger partial charge in [-0.25, -0.2) is 8.78 Å². The molecule has 0 saturated heterocycles. The second-order valence-corrected chi connectivity index (χ2v) is 5.46. The molecule has 94 valence electrons. The molecular formula is C13H10ClF2NS. The van der Waals surface area contributed by atoms with Crippen LogP contribution in [0.1, 0.15) is 12.0 Å². The van der Waals surface area contributed by atoms with Crippen molar-refractivity contribution in [1.29, 1.82) is 0 Å². The Morgan fingerprint density at radius 2 is 2.11 bits per heavy atom. The Hall–Kier alpha value is -0.970. The van der Waals surface area contributed by atoms with Crippen LogP contribution >= 0.6 is 22.9 Å². The van der Waals surface area contributed by atoms with Crippen molar-refractivity contribution in [2.75, 3.05) is 13.1 Å². The van der Waals surface area contributed by atoms with Gasteiger partial charge in [0.1, 0.15) is 11.6 Å². The zero-order valence-electron chi connectivity index (χ0n) is 9.40. The van der Waals surface area contributed by atoms with Gasteiger partial charge in [-0.15, -0.1) is 11.3 Å². The maximum atomic E-state index is 13.9. The first-order chi connectivity index (χ1) is 8.68. The lowest BCUT2D eigenvalue weighted by Crippen LogP contribution is -2.21. The molecule has 1 aliphatic rings. The number of thiophene rings is 1. The maximum Gasteiger partial charge on any atom is 0.146 e. The van der Waals surface area contributed by atoms with Gasteiger partial charge in [0.2, 0.25) is 0 Å². The first kappa shape index (κ1) is 12.1. The fraction of sp³-hybridized carbons (Fsp3) is 0.231. The van der Waals surface area contributed by atoms with Crippen molar-refractivity contribution in [2.24, 2.45) is 0 Å². The van der Waals surface area contributed by atoms with Gasteiger partial charge >= 0.3 is 0 Å². The molecule has 0 amide bonds. The van der Waals surface area contributed by atoms with Crippen molar-refractivity contribution in [2.45, 2.75) is 6.42 Å². The van der Waals surface area contributed by atoms with E-state index >= 15 is 0 Å². The van der Waals surface area contributed by atoms with Crippen LogP contribution in [0.2, 0.25) is 5.02 Å². The zero-order valence-corrected chi connectivity index (χ0v) is 11.0. The van der Waals surface area contributed by atoms with Crippen LogP contribution in [-0.4, -0.2) is 13.1 Å². The number of benzene rings is 1. The fourth-order valence-corrected chi connectivity index (χ4v) is 3.51. The monoisotopic (exact) mass is 285 g/mol. The van der Waals surface area contributed by atoms with E-state index in [-0.39, 0.29) is 5.02 Å². The molecule has 0 fully saturated rings. The second kappa shape index (κ2) is 4.61. The van der Waals surface area contributed by atoms with Crippen molar-refractivity contribution in [3.8, 4) is 0 Å². The van der Waals surface area contributed by atoms with E-state index in [9.17, 15) is 8.78 Å². The zero-order chi connectivity index (χ0) is 12.7. The molecule has 0 atom stereocenters. The summed E-state index contributed by atoms with van der Waals surface area (Å²) in [7, 11) is 0. The largest absolute Gasteiger partial charge is 0.312 e. The molecule has 3 rings (SSSR count). The second-order valence-electron chi connectivity index (χ2n) is 4.20. The molecule has 0 saturated carbocycles. The third-order valence-corrected chi connectivity index (χ3v) is 4.54. The van der Waals surface area contributed by atoms with Gasteiger partial charge in [0.05, 0.1) is 9.72 Å². The van der Waals surface area contributed by atoms with Gasteiger partial charge in [-0.1, -0.05) is 17.7 Å². The Morgan fingerprint density at radius 3 is 2.83 bits per heavy atom. The Morgan fingerprint density at radius 1 is 1.28 bits per heavy atom. The van der Waals surface area contributed by atoms with Gasteiger partial charge < -0.3 is 5.32 Å². The van der Waals surface area contributed by atoms with Gasteiger partial charge in [-0.2, -0.15) is 0 Å². The first-order valence-electron chi connectivity index (χ1n) is 5.63. The minimum atomic E-state index is -0.703. The smallest absolute Gasteiger partial charge is 0.146 e. The lowest BCUT2D eigenvalue weighted by Gasteiger charge is -2.14. The van der Waals surface area contributed by atoms with E-state index in [2.05, 4.69) is 11.4 Å². The molecule has 18 heavy (non-hydrogen) atoms. The van der Waals surface area contributed by atoms with Crippen LogP contribution < -0.4 is 5.32 Å². The third kappa shape index (κ3) is 1.85. The number of hydrogen-bond donors (Lipinski definition) is 1. The predicted octanol–water partition coefficient (Wildman–Crippen LogP) is 4.21. The molecule has 2 aromatic rings. The Kier molecular flexibility index (Phi) is 3.09. The minimum Gasteiger partial charge on any atom is -0.312 e. The number of rotatable bonds is 1. The minimum absolute atomic E-state index is 0.00650. The summed E-state index contributed by atoms with van der Waals surface area (Å²) in [5.41, 5.74) is 1.87. The van der Waals surface area contributed by atoms with E-state index in [0.29, 0.717) is 16.6 Å². The standard InChI is InChI=1S/C13H10ClF2NS/c14-12-10(16)4-9(15)11-8(6-18-13(11)12)7-2-1-3-17-5-7/h2,4,6,17H,1,3,5H2. The maximum absolute atomic E-state index is 13.9. The SMILES string of the molecule is Fc1cc(F)c2c(C3=CCCNC3)csc2c1Cl. The van der Waals surface area contributed by atoms with Crippen LogP contribution in [0, 0.1) is 11.6 Å². The third-order valence-electron chi connectivity index (χ3n) is 3.07. The number of halogens is 3. The van der Waals surface area contributed by atoms with Gasteiger partial charge in [0.15, 0.2) is 0 Å². The van der Waals surface area contributed by atoms with Crippen LogP contribution in [0.15, 0.2) is 17.5 Å². The van der Waals surface area contributed by atoms with E-state index in [0.717, 1.165) is 30.2 Å². The normalized spacial score (nSPS) is 16.1. The molecule has 5 heteroatoms. The molecule has 0 unspecified atom stereocenters. The first-order valence-corrected chi connectivity index (χ1v) is 6.89. The topological polar surface area (TPSA) is 12.0 Å². The van der Waals surface area contributed by atoms with Crippen LogP contribution in [0.3, 0.4) is 0 Å². The van der Waals surface area contributed by atoms with Crippen molar-refractivity contribution >= 4 is 38.6 Å². The molecule has 0 aliphatic carbocycles. The average Bonchev–Trinajstić information content (AvgIpc) is 2.82. The molecule has 1 nitrogen and oxygen atoms in total. The Labute approximate surface area is 112 Å². The lowest BCUT2D eigenvalue weighted by atomic mass is 10.0. The number of hydrogen-bond acceptors (Lipinski definition) is 2. The molecule has 1 aliphatic heterocycles. The summed E-state index contributed by atoms with van der Waals surface area (Å²) >= 11 is 7.17. The van der Waals surface area contributed by atoms with E-state index in [4.69, 9.17) is 11.6 Å². The van der Waals surface area contributed by atoms with Gasteiger partial charge in [0, 0.05) is 23.6 Å². The van der Waals surface area contributed by atoms with E-state index in [1.165, 1.54) is 11.3 Å². The Balaban J connectivity index is 2.26. The van der Waals surface area contributed by atoms with Gasteiger partial charge in [-0.3, -0.25) is 0 Å². The summed E-state index contributed by atoms with van der Waals surface area (Å²) < 4.78 is 27.8. The molecular weight excluding hydrogens is 276 g/mol. The van der Waals surface area contributed by atoms with Crippen molar-refractivity contribution < 1.29 is 8.78 Å². The highest BCUT2D eigenvalue weighted by Gasteiger charge is 2.18. The molecule has 2 heterocycles. The average molecular weight is 286 g/mol. The Bertz CT molecular complexity index is 648. The summed E-state index contributed by atoms with van der Waals surface area (Å²) in [4.78, 5) is 0. The van der Waals surface area contributed by atoms with Gasteiger partial charge in [-0.05, 0) is 23.9 Å². The van der Waals surface area contributed by atoms with Crippen molar-refractivity contribution in [3.05, 3.63) is 39.7 Å². The van der Waals surface area contributed by atoms with Crippen LogP contribution in [0.25, 0.3) is 15.7 Å². The van der Waals surface area contributed by atoms with Crippen LogP contribution in [0.4, 0.5) is 8.78 Å². The van der Waals surface area contributed by atoms with E-state index in [1.807, 2.05) is 5.38 Å². The quantitative estimate of drug-likeness (QED) is 0.774. The highest BCUT2D eigenvalue weighted by atomic mass is 35.5. The molecule has 0 bridgehead atoms. The van der Waals surface area contributed by atoms with Crippen molar-refractivity contribution in [1.82, 2.24) is 5.32 Å². The highest BCUT2D eigenvalue weighted by Crippen LogP contribution is 2.38. The lowest BCUT2D eigenvalue weighted by molar-refractivity contribution is 0.592. The number of fused-ring (bicyclic) bond motifs is 1. The molecule has 1 aromatic heterocycles. The van der Waals surface area contributed by atoms with Crippen molar-refractivity contribution in [3.63, 3.8) is 0 Å². The fourth-order valence-electron chi connectivity index (χ4n) is 2.20. The summed E-state index contributed by atoms with van der Waals surface area (Å²) in [5.74, 6) is -1.25.